The molecule has 0 aromatic heterocycles. The Morgan fingerprint density at radius 2 is 1.35 bits per heavy atom. The fraction of sp³-hybridized carbons (Fsp3) is 0.195. The van der Waals surface area contributed by atoms with E-state index in [1.54, 1.807) is 30.3 Å². The zero-order valence-electron chi connectivity index (χ0n) is 29.4. The molecule has 282 valence electrons. The molecule has 2 saturated heterocycles. The van der Waals surface area contributed by atoms with E-state index in [1.807, 2.05) is 54.6 Å². The number of β-lactam (4-membered cyclic amide) rings is 1. The van der Waals surface area contributed by atoms with Gasteiger partial charge in [0.1, 0.15) is 0 Å². The van der Waals surface area contributed by atoms with Gasteiger partial charge in [-0.3, -0.25) is 10.1 Å². The van der Waals surface area contributed by atoms with Crippen LogP contribution in [0.15, 0.2) is 146 Å². The number of ether oxygens (including phenoxy) is 2. The number of nitro benzene ring substituents is 1. The summed E-state index contributed by atoms with van der Waals surface area (Å²) in [6, 6.07) is 44.7. The summed E-state index contributed by atoms with van der Waals surface area (Å²) < 4.78 is 25.0. The molecule has 1 unspecified atom stereocenters. The predicted molar refractivity (Wildman–Crippen MR) is 217 cm³/mol. The van der Waals surface area contributed by atoms with Crippen molar-refractivity contribution >= 4 is 73.8 Å². The zero-order valence-corrected chi connectivity index (χ0v) is 32.8. The topological polar surface area (TPSA) is 151 Å². The summed E-state index contributed by atoms with van der Waals surface area (Å²) in [6.07, 6.45) is 0.523. The van der Waals surface area contributed by atoms with Gasteiger partial charge in [-0.1, -0.05) is 18.2 Å². The fourth-order valence-electron chi connectivity index (χ4n) is 7.59. The molecule has 0 saturated carbocycles. The Bertz CT molecular complexity index is 2080. The summed E-state index contributed by atoms with van der Waals surface area (Å²) >= 11 is 2.15. The number of amides is 2. The molecule has 0 spiro atoms. The number of benzene rings is 5. The minimum absolute atomic E-state index is 0.0659. The summed E-state index contributed by atoms with van der Waals surface area (Å²) in [7, 11) is -2.89. The standard InChI is InChI=1S/C41H37BrN3O8PS/c42-40(28-54(33-15-7-2-8-16-33,34-17-9-3-10-18-34)35-19-11-4-12-20-35)27-44-37(47)41(38(44)55(51)29-40,43-36(46)26-52-32-13-5-1-6-14-32)39(48)53-25-30-21-23-31(24-22-30)45(49)50/h1-24,38,54H,25-29H2,(H,43,46)/t38-,40?,41+,55+/m1/s1. The van der Waals surface area contributed by atoms with Crippen LogP contribution in [0.3, 0.4) is 0 Å². The van der Waals surface area contributed by atoms with Crippen LogP contribution in [0.1, 0.15) is 5.56 Å². The van der Waals surface area contributed by atoms with E-state index < -0.39 is 63.0 Å². The Labute approximate surface area is 329 Å². The first-order valence-corrected chi connectivity index (χ1v) is 21.9. The van der Waals surface area contributed by atoms with E-state index in [0.29, 0.717) is 17.5 Å². The van der Waals surface area contributed by atoms with Gasteiger partial charge in [0.2, 0.25) is 0 Å². The molecule has 14 heteroatoms. The van der Waals surface area contributed by atoms with E-state index in [0.717, 1.165) is 15.9 Å². The number of non-ortho nitro benzene ring substituents is 1. The number of esters is 1. The molecule has 0 bridgehead atoms. The van der Waals surface area contributed by atoms with Gasteiger partial charge in [-0.15, -0.1) is 0 Å². The Balaban J connectivity index is 1.20. The molecule has 11 nitrogen and oxygen atoms in total. The number of para-hydroxylation sites is 1. The molecule has 2 fully saturated rings. The Morgan fingerprint density at radius 3 is 1.85 bits per heavy atom. The van der Waals surface area contributed by atoms with Gasteiger partial charge in [0.25, 0.3) is 5.69 Å². The number of nitro groups is 1. The van der Waals surface area contributed by atoms with E-state index in [2.05, 4.69) is 57.6 Å². The molecule has 2 heterocycles. The van der Waals surface area contributed by atoms with Crippen LogP contribution in [0.25, 0.3) is 0 Å². The molecule has 2 amide bonds. The van der Waals surface area contributed by atoms with Crippen molar-refractivity contribution in [3.8, 4) is 5.75 Å². The van der Waals surface area contributed by atoms with Crippen LogP contribution in [-0.2, 0) is 36.9 Å². The maximum atomic E-state index is 14.6. The summed E-state index contributed by atoms with van der Waals surface area (Å²) in [4.78, 5) is 54.0. The Hall–Kier alpha value is -5.07. The van der Waals surface area contributed by atoms with Gasteiger partial charge in [-0.05, 0) is 0 Å². The number of rotatable bonds is 13. The fourth-order valence-corrected chi connectivity index (χ4v) is 17.0. The van der Waals surface area contributed by atoms with Crippen molar-refractivity contribution in [2.75, 3.05) is 25.1 Å². The van der Waals surface area contributed by atoms with Crippen LogP contribution in [0.2, 0.25) is 0 Å². The zero-order chi connectivity index (χ0) is 38.6. The predicted octanol–water partition coefficient (Wildman–Crippen LogP) is 4.36. The first kappa shape index (κ1) is 38.2. The summed E-state index contributed by atoms with van der Waals surface area (Å²) in [6.45, 7) is -0.754. The summed E-state index contributed by atoms with van der Waals surface area (Å²) in [5, 5.41) is 15.9. The molecule has 5 aromatic carbocycles. The Kier molecular flexibility index (Phi) is 11.1. The molecule has 0 radical (unpaired) electrons. The van der Waals surface area contributed by atoms with Crippen molar-refractivity contribution < 1.29 is 33.3 Å². The van der Waals surface area contributed by atoms with Crippen molar-refractivity contribution in [1.82, 2.24) is 10.2 Å². The first-order chi connectivity index (χ1) is 26.6. The molecular weight excluding hydrogens is 805 g/mol. The average Bonchev–Trinajstić information content (AvgIpc) is 3.21. The summed E-state index contributed by atoms with van der Waals surface area (Å²) in [5.41, 5.74) is -2.01. The molecule has 2 aliphatic heterocycles. The second-order valence-electron chi connectivity index (χ2n) is 13.6. The summed E-state index contributed by atoms with van der Waals surface area (Å²) in [5.74, 6) is -2.14. The number of alkyl halides is 1. The number of halogens is 1. The Morgan fingerprint density at radius 1 is 0.836 bits per heavy atom. The monoisotopic (exact) mass is 841 g/mol. The van der Waals surface area contributed by atoms with Crippen molar-refractivity contribution in [3.05, 3.63) is 161 Å². The average molecular weight is 843 g/mol. The van der Waals surface area contributed by atoms with Gasteiger partial charge in [0.05, 0.1) is 4.92 Å². The minimum atomic E-state index is -2.89. The van der Waals surface area contributed by atoms with E-state index in [-0.39, 0.29) is 24.6 Å². The third kappa shape index (κ3) is 7.49. The molecule has 4 atom stereocenters. The van der Waals surface area contributed by atoms with Crippen molar-refractivity contribution in [2.45, 2.75) is 21.8 Å². The third-order valence-corrected chi connectivity index (χ3v) is 18.8. The molecule has 5 aromatic rings. The second kappa shape index (κ2) is 16.0. The normalized spacial score (nSPS) is 22.1. The van der Waals surface area contributed by atoms with Crippen LogP contribution in [0.4, 0.5) is 5.69 Å². The number of hydrogen-bond donors (Lipinski definition) is 1. The second-order valence-corrected chi connectivity index (χ2v) is 20.7. The van der Waals surface area contributed by atoms with Crippen LogP contribution in [-0.4, -0.2) is 72.5 Å². The van der Waals surface area contributed by atoms with Gasteiger partial charge in [-0.25, -0.2) is 0 Å². The van der Waals surface area contributed by atoms with E-state index >= 15 is 0 Å². The van der Waals surface area contributed by atoms with Crippen LogP contribution >= 0.6 is 23.2 Å². The molecule has 55 heavy (non-hydrogen) atoms. The SMILES string of the molecule is O=C(COc1ccccc1)N[C@@]1(C(=O)OCc2ccc([N+](=O)[O-])cc2)C(=O)N2CC(Br)(C[PH](c3ccccc3)(c3ccccc3)c3ccccc3)C[S@+]([O-])[C@@H]21. The van der Waals surface area contributed by atoms with Crippen LogP contribution in [0.5, 0.6) is 5.75 Å². The number of nitrogens with one attached hydrogen (secondary N) is 1. The van der Waals surface area contributed by atoms with E-state index in [4.69, 9.17) is 9.47 Å². The van der Waals surface area contributed by atoms with Crippen molar-refractivity contribution in [3.63, 3.8) is 0 Å². The van der Waals surface area contributed by atoms with Crippen LogP contribution in [0, 0.1) is 10.1 Å². The molecule has 0 aliphatic carbocycles. The third-order valence-electron chi connectivity index (χ3n) is 10.0. The van der Waals surface area contributed by atoms with Gasteiger partial charge in [0, 0.05) is 0 Å². The first-order valence-electron chi connectivity index (χ1n) is 17.5. The molecule has 1 N–H and O–H groups in total. The van der Waals surface area contributed by atoms with Crippen molar-refractivity contribution in [2.24, 2.45) is 0 Å². The number of carbonyl (C=O) groups excluding carboxylic acids is 3. The van der Waals surface area contributed by atoms with E-state index in [1.165, 1.54) is 29.2 Å². The molecule has 2 aliphatic rings. The van der Waals surface area contributed by atoms with Gasteiger partial charge >= 0.3 is 292 Å². The van der Waals surface area contributed by atoms with Gasteiger partial charge in [-0.2, -0.15) is 0 Å². The number of hydrogen-bond acceptors (Lipinski definition) is 8. The number of carbonyl (C=O) groups is 3. The van der Waals surface area contributed by atoms with Gasteiger partial charge < -0.3 is 0 Å². The van der Waals surface area contributed by atoms with Crippen molar-refractivity contribution in [1.29, 1.82) is 0 Å². The molecular formula is C41H37BrN3O8PS. The van der Waals surface area contributed by atoms with Crippen LogP contribution < -0.4 is 26.0 Å². The number of fused-ring (bicyclic) bond motifs is 1. The molecule has 7 rings (SSSR count). The van der Waals surface area contributed by atoms with Gasteiger partial charge in [0.15, 0.2) is 0 Å². The quantitative estimate of drug-likeness (QED) is 0.0269. The van der Waals surface area contributed by atoms with E-state index in [9.17, 15) is 29.1 Å². The maximum absolute atomic E-state index is 14.6. The number of nitrogens with zero attached hydrogens (tertiary/aromatic N) is 2.